The lowest BCUT2D eigenvalue weighted by atomic mass is 9.95. The molecule has 1 N–H and O–H groups in total. The molecular weight excluding hydrogens is 413 g/mol. The first-order valence-corrected chi connectivity index (χ1v) is 11.2. The number of aromatic nitrogens is 1. The van der Waals surface area contributed by atoms with Gasteiger partial charge in [-0.3, -0.25) is 0 Å². The Kier molecular flexibility index (Phi) is 6.33. The van der Waals surface area contributed by atoms with E-state index in [1.165, 1.54) is 6.08 Å². The molecule has 2 aliphatic rings. The van der Waals surface area contributed by atoms with Crippen LogP contribution in [0.2, 0.25) is 0 Å². The molecule has 1 aromatic carbocycles. The van der Waals surface area contributed by atoms with Crippen molar-refractivity contribution in [2.75, 3.05) is 0 Å². The summed E-state index contributed by atoms with van der Waals surface area (Å²) >= 11 is 0. The summed E-state index contributed by atoms with van der Waals surface area (Å²) in [6.07, 6.45) is 7.65. The van der Waals surface area contributed by atoms with Gasteiger partial charge in [0.25, 0.3) is 0 Å². The normalized spacial score (nSPS) is 20.7. The van der Waals surface area contributed by atoms with Crippen LogP contribution in [0.15, 0.2) is 48.7 Å². The lowest BCUT2D eigenvalue weighted by molar-refractivity contribution is -0.127. The number of hydrogen-bond donors (Lipinski definition) is 1. The fourth-order valence-corrected chi connectivity index (χ4v) is 4.23. The molecule has 170 valence electrons. The quantitative estimate of drug-likeness (QED) is 0.677. The number of alkyl halides is 3. The molecule has 1 saturated carbocycles. The number of hydrogen-bond acceptors (Lipinski definition) is 2. The fourth-order valence-electron chi connectivity index (χ4n) is 4.23. The van der Waals surface area contributed by atoms with E-state index in [-0.39, 0.29) is 6.10 Å². The minimum Gasteiger partial charge on any atom is -0.362 e. The number of unbranched alkanes of at least 4 members (excludes halogenated alkanes) is 1. The lowest BCUT2D eigenvalue weighted by Gasteiger charge is -2.34. The lowest BCUT2D eigenvalue weighted by Crippen LogP contribution is -2.42. The van der Waals surface area contributed by atoms with Crippen LogP contribution in [0.1, 0.15) is 44.6 Å². The van der Waals surface area contributed by atoms with Crippen molar-refractivity contribution in [2.45, 2.75) is 57.5 Å². The number of aryl methyl sites for hydroxylation is 1. The summed E-state index contributed by atoms with van der Waals surface area (Å²) in [5.41, 5.74) is 1.49. The first-order valence-electron chi connectivity index (χ1n) is 11.2. The predicted octanol–water partition coefficient (Wildman–Crippen LogP) is 5.05. The number of benzene rings is 1. The van der Waals surface area contributed by atoms with Gasteiger partial charge in [-0.15, -0.1) is 0 Å². The summed E-state index contributed by atoms with van der Waals surface area (Å²) in [6.45, 7) is 5.95. The maximum Gasteiger partial charge on any atom is 0.417 e. The van der Waals surface area contributed by atoms with Crippen molar-refractivity contribution in [3.8, 4) is 0 Å². The van der Waals surface area contributed by atoms with Crippen molar-refractivity contribution in [2.24, 2.45) is 7.05 Å². The molecule has 2 heterocycles. The Bertz CT molecular complexity index is 1200. The largest absolute Gasteiger partial charge is 0.417 e. The van der Waals surface area contributed by atoms with Gasteiger partial charge >= 0.3 is 6.18 Å². The second kappa shape index (κ2) is 9.02. The van der Waals surface area contributed by atoms with E-state index in [1.807, 2.05) is 31.3 Å². The topological polar surface area (TPSA) is 26.2 Å². The van der Waals surface area contributed by atoms with Crippen LogP contribution in [0, 0.1) is 0 Å². The number of fused-ring (bicyclic) bond motifs is 1. The summed E-state index contributed by atoms with van der Waals surface area (Å²) < 4.78 is 49.1. The molecule has 1 atom stereocenters. The van der Waals surface area contributed by atoms with Crippen LogP contribution in [-0.2, 0) is 11.8 Å². The van der Waals surface area contributed by atoms with Crippen molar-refractivity contribution in [1.82, 2.24) is 9.88 Å². The van der Waals surface area contributed by atoms with Crippen LogP contribution < -0.4 is 15.9 Å². The van der Waals surface area contributed by atoms with Gasteiger partial charge in [0.2, 0.25) is 0 Å². The third kappa shape index (κ3) is 4.29. The second-order valence-electron chi connectivity index (χ2n) is 8.42. The first-order chi connectivity index (χ1) is 15.3. The number of allylic oxidation sites excluding steroid dienone is 3. The monoisotopic (exact) mass is 442 g/mol. The zero-order valence-corrected chi connectivity index (χ0v) is 18.5. The first kappa shape index (κ1) is 22.5. The van der Waals surface area contributed by atoms with Crippen molar-refractivity contribution < 1.29 is 17.9 Å². The fraction of sp³-hybridized carbons (Fsp3) is 0.385. The molecule has 3 nitrogen and oxygen atoms in total. The van der Waals surface area contributed by atoms with E-state index in [2.05, 4.69) is 29.5 Å². The standard InChI is InChI=1S/C26H29F3N2O/c1-4-6-11-20-21-13-12-17(15-24(21)31(3)23(20)8-5-2)18-14-22(26(27,28)29)25(30-16-18)32-19-9-7-10-19/h5,8,11-16,19,25,30H,2,4,6-7,9-10H2,1,3H3/b20-11-,23-8+. The molecule has 6 heteroatoms. The van der Waals surface area contributed by atoms with Crippen LogP contribution in [0.3, 0.4) is 0 Å². The molecule has 32 heavy (non-hydrogen) atoms. The molecule has 1 fully saturated rings. The molecular formula is C26H29F3N2O. The highest BCUT2D eigenvalue weighted by molar-refractivity contribution is 5.88. The summed E-state index contributed by atoms with van der Waals surface area (Å²) in [7, 11) is 1.97. The van der Waals surface area contributed by atoms with Crippen molar-refractivity contribution in [3.05, 3.63) is 64.8 Å². The molecule has 1 aliphatic carbocycles. The molecule has 4 rings (SSSR count). The summed E-state index contributed by atoms with van der Waals surface area (Å²) in [5, 5.41) is 6.09. The summed E-state index contributed by atoms with van der Waals surface area (Å²) in [5.74, 6) is 0. The number of halogens is 3. The summed E-state index contributed by atoms with van der Waals surface area (Å²) in [6, 6.07) is 5.82. The molecule has 1 unspecified atom stereocenters. The molecule has 2 aromatic rings. The summed E-state index contributed by atoms with van der Waals surface area (Å²) in [4.78, 5) is 0. The molecule has 0 amide bonds. The van der Waals surface area contributed by atoms with Crippen molar-refractivity contribution in [1.29, 1.82) is 0 Å². The van der Waals surface area contributed by atoms with Gasteiger partial charge in [0.05, 0.1) is 11.7 Å². The number of dihydropyridines is 1. The van der Waals surface area contributed by atoms with Crippen LogP contribution in [0.5, 0.6) is 0 Å². The predicted molar refractivity (Wildman–Crippen MR) is 124 cm³/mol. The maximum atomic E-state index is 13.8. The average Bonchev–Trinajstić information content (AvgIpc) is 2.99. The Balaban J connectivity index is 1.76. The van der Waals surface area contributed by atoms with E-state index in [1.54, 1.807) is 12.3 Å². The van der Waals surface area contributed by atoms with Crippen LogP contribution in [0.4, 0.5) is 13.2 Å². The van der Waals surface area contributed by atoms with Gasteiger partial charge in [0.1, 0.15) is 0 Å². The van der Waals surface area contributed by atoms with E-state index < -0.39 is 18.0 Å². The Morgan fingerprint density at radius 1 is 1.28 bits per heavy atom. The second-order valence-corrected chi connectivity index (χ2v) is 8.42. The highest BCUT2D eigenvalue weighted by atomic mass is 19.4. The highest BCUT2D eigenvalue weighted by Gasteiger charge is 2.42. The Labute approximate surface area is 186 Å². The van der Waals surface area contributed by atoms with E-state index in [0.29, 0.717) is 5.57 Å². The SMILES string of the molecule is C=C/C=c1\c(=C/CCC)c2ccc(C3=CNC(OC4CCC4)C(C(F)(F)F)=C3)cc2n1C. The van der Waals surface area contributed by atoms with Gasteiger partial charge in [-0.05, 0) is 55.0 Å². The third-order valence-corrected chi connectivity index (χ3v) is 6.22. The Hall–Kier alpha value is -2.73. The van der Waals surface area contributed by atoms with Gasteiger partial charge in [-0.1, -0.05) is 44.2 Å². The van der Waals surface area contributed by atoms with E-state index in [0.717, 1.165) is 59.1 Å². The van der Waals surface area contributed by atoms with Gasteiger partial charge in [0, 0.05) is 34.7 Å². The van der Waals surface area contributed by atoms with Gasteiger partial charge in [-0.25, -0.2) is 0 Å². The van der Waals surface area contributed by atoms with Gasteiger partial charge < -0.3 is 14.6 Å². The molecule has 0 spiro atoms. The van der Waals surface area contributed by atoms with Crippen molar-refractivity contribution >= 4 is 28.6 Å². The number of ether oxygens (including phenoxy) is 1. The minimum atomic E-state index is -4.47. The third-order valence-electron chi connectivity index (χ3n) is 6.22. The van der Waals surface area contributed by atoms with E-state index >= 15 is 0 Å². The number of rotatable bonds is 6. The molecule has 0 radical (unpaired) electrons. The zero-order chi connectivity index (χ0) is 22.9. The molecule has 1 aromatic heterocycles. The molecule has 0 saturated heterocycles. The van der Waals surface area contributed by atoms with E-state index in [9.17, 15) is 13.2 Å². The molecule has 1 aliphatic heterocycles. The Morgan fingerprint density at radius 2 is 2.06 bits per heavy atom. The van der Waals surface area contributed by atoms with Crippen LogP contribution >= 0.6 is 0 Å². The maximum absolute atomic E-state index is 13.8. The van der Waals surface area contributed by atoms with Crippen LogP contribution in [0.25, 0.3) is 28.6 Å². The smallest absolute Gasteiger partial charge is 0.362 e. The number of nitrogens with one attached hydrogen (secondary N) is 1. The van der Waals surface area contributed by atoms with Crippen molar-refractivity contribution in [3.63, 3.8) is 0 Å². The average molecular weight is 443 g/mol. The molecule has 0 bridgehead atoms. The van der Waals surface area contributed by atoms with Crippen LogP contribution in [-0.4, -0.2) is 23.1 Å². The minimum absolute atomic E-state index is 0.106. The van der Waals surface area contributed by atoms with E-state index in [4.69, 9.17) is 4.74 Å². The van der Waals surface area contributed by atoms with Gasteiger partial charge in [-0.2, -0.15) is 13.2 Å². The highest BCUT2D eigenvalue weighted by Crippen LogP contribution is 2.36. The Morgan fingerprint density at radius 3 is 2.69 bits per heavy atom. The zero-order valence-electron chi connectivity index (χ0n) is 18.5. The van der Waals surface area contributed by atoms with Gasteiger partial charge in [0.15, 0.2) is 6.23 Å². The number of nitrogens with zero attached hydrogens (tertiary/aromatic N) is 1.